The molecular formula is C24H26N4O5. The van der Waals surface area contributed by atoms with Gasteiger partial charge in [0.15, 0.2) is 22.8 Å². The van der Waals surface area contributed by atoms with Gasteiger partial charge in [0.1, 0.15) is 0 Å². The Morgan fingerprint density at radius 3 is 2.33 bits per heavy atom. The topological polar surface area (TPSA) is 115 Å². The van der Waals surface area contributed by atoms with E-state index in [4.69, 9.17) is 9.47 Å². The highest BCUT2D eigenvalue weighted by Crippen LogP contribution is 2.52. The predicted octanol–water partition coefficient (Wildman–Crippen LogP) is 3.32. The molecule has 3 fully saturated rings. The summed E-state index contributed by atoms with van der Waals surface area (Å²) in [6, 6.07) is 9.07. The molecule has 9 nitrogen and oxygen atoms in total. The van der Waals surface area contributed by atoms with Crippen LogP contribution >= 0.6 is 0 Å². The minimum absolute atomic E-state index is 0.261. The van der Waals surface area contributed by atoms with Crippen LogP contribution in [0.15, 0.2) is 36.5 Å². The Hall–Kier alpha value is -3.62. The summed E-state index contributed by atoms with van der Waals surface area (Å²) >= 11 is 0. The van der Waals surface area contributed by atoms with Crippen LogP contribution in [-0.4, -0.2) is 51.3 Å². The zero-order chi connectivity index (χ0) is 23.2. The van der Waals surface area contributed by atoms with Gasteiger partial charge >= 0.3 is 5.97 Å². The second-order valence-electron chi connectivity index (χ2n) is 9.02. The lowest BCUT2D eigenvalue weighted by atomic mass is 9.57. The van der Waals surface area contributed by atoms with Crippen molar-refractivity contribution >= 4 is 17.5 Å². The fourth-order valence-corrected chi connectivity index (χ4v) is 5.22. The molecule has 0 aliphatic heterocycles. The molecular weight excluding hydrogens is 424 g/mol. The van der Waals surface area contributed by atoms with Crippen molar-refractivity contribution in [3.8, 4) is 22.8 Å². The molecule has 0 atom stereocenters. The molecule has 3 aliphatic rings. The SMILES string of the molecule is COc1ccc(-c2ccnc3cc(C(=O)NC45CCC(C(=O)O)(CC4)CC5)nn23)cc1OC. The molecule has 2 aromatic heterocycles. The van der Waals surface area contributed by atoms with Crippen LogP contribution in [0, 0.1) is 5.41 Å². The van der Waals surface area contributed by atoms with Crippen LogP contribution in [0.5, 0.6) is 11.5 Å². The largest absolute Gasteiger partial charge is 0.493 e. The average molecular weight is 450 g/mol. The van der Waals surface area contributed by atoms with Crippen LogP contribution in [0.1, 0.15) is 49.0 Å². The third kappa shape index (κ3) is 3.48. The van der Waals surface area contributed by atoms with Crippen molar-refractivity contribution in [1.29, 1.82) is 0 Å². The van der Waals surface area contributed by atoms with Crippen LogP contribution in [-0.2, 0) is 4.79 Å². The van der Waals surface area contributed by atoms with Gasteiger partial charge in [0.2, 0.25) is 0 Å². The van der Waals surface area contributed by atoms with E-state index < -0.39 is 11.4 Å². The molecule has 3 saturated carbocycles. The number of nitrogens with one attached hydrogen (secondary N) is 1. The normalized spacial score (nSPS) is 23.9. The Kier molecular flexibility index (Phi) is 4.99. The molecule has 3 aromatic rings. The lowest BCUT2D eigenvalue weighted by molar-refractivity contribution is -0.156. The first-order valence-corrected chi connectivity index (χ1v) is 11.0. The van der Waals surface area contributed by atoms with Gasteiger partial charge in [-0.05, 0) is 62.8 Å². The minimum Gasteiger partial charge on any atom is -0.493 e. The first-order valence-electron chi connectivity index (χ1n) is 11.0. The molecule has 0 radical (unpaired) electrons. The lowest BCUT2D eigenvalue weighted by Crippen LogP contribution is -2.58. The van der Waals surface area contributed by atoms with Crippen molar-refractivity contribution in [2.24, 2.45) is 5.41 Å². The number of hydrogen-bond acceptors (Lipinski definition) is 6. The number of methoxy groups -OCH3 is 2. The van der Waals surface area contributed by atoms with E-state index >= 15 is 0 Å². The number of carbonyl (C=O) groups excluding carboxylic acids is 1. The Balaban J connectivity index is 1.42. The van der Waals surface area contributed by atoms with Crippen molar-refractivity contribution in [2.75, 3.05) is 14.2 Å². The van der Waals surface area contributed by atoms with Gasteiger partial charge in [-0.25, -0.2) is 9.50 Å². The zero-order valence-electron chi connectivity index (χ0n) is 18.6. The van der Waals surface area contributed by atoms with Crippen molar-refractivity contribution in [3.63, 3.8) is 0 Å². The Labute approximate surface area is 190 Å². The van der Waals surface area contributed by atoms with Crippen LogP contribution in [0.2, 0.25) is 0 Å². The molecule has 1 aromatic carbocycles. The van der Waals surface area contributed by atoms with E-state index in [1.54, 1.807) is 31.0 Å². The highest BCUT2D eigenvalue weighted by Gasteiger charge is 2.53. The van der Waals surface area contributed by atoms with E-state index in [1.165, 1.54) is 0 Å². The van der Waals surface area contributed by atoms with Crippen LogP contribution in [0.4, 0.5) is 0 Å². The zero-order valence-corrected chi connectivity index (χ0v) is 18.6. The first-order chi connectivity index (χ1) is 15.9. The number of carbonyl (C=O) groups is 2. The third-order valence-electron chi connectivity index (χ3n) is 7.35. The van der Waals surface area contributed by atoms with E-state index in [0.717, 1.165) is 11.3 Å². The quantitative estimate of drug-likeness (QED) is 0.592. The van der Waals surface area contributed by atoms with E-state index in [1.807, 2.05) is 24.3 Å². The number of amides is 1. The standard InChI is InChI=1S/C24H26N4O5/c1-32-18-4-3-15(13-19(18)33-2)17-5-12-25-20-14-16(27-28(17)20)21(29)26-24-9-6-23(7-10-24,8-11-24)22(30)31/h3-5,12-14H,6-11H2,1-2H3,(H,26,29)(H,30,31). The summed E-state index contributed by atoms with van der Waals surface area (Å²) in [6.07, 6.45) is 5.49. The summed E-state index contributed by atoms with van der Waals surface area (Å²) in [5.41, 5.74) is 1.47. The van der Waals surface area contributed by atoms with Crippen molar-refractivity contribution in [1.82, 2.24) is 19.9 Å². The number of aliphatic carboxylic acids is 1. The van der Waals surface area contributed by atoms with Gasteiger partial charge < -0.3 is 19.9 Å². The monoisotopic (exact) mass is 450 g/mol. The Bertz CT molecular complexity index is 1230. The summed E-state index contributed by atoms with van der Waals surface area (Å²) in [5, 5.41) is 17.3. The van der Waals surface area contributed by atoms with Gasteiger partial charge in [0.05, 0.1) is 25.3 Å². The molecule has 9 heteroatoms. The predicted molar refractivity (Wildman–Crippen MR) is 119 cm³/mol. The first kappa shape index (κ1) is 21.2. The summed E-state index contributed by atoms with van der Waals surface area (Å²) in [5.74, 6) is 0.245. The number of benzene rings is 1. The number of nitrogens with zero attached hydrogens (tertiary/aromatic N) is 3. The maximum Gasteiger partial charge on any atom is 0.309 e. The molecule has 6 rings (SSSR count). The summed E-state index contributed by atoms with van der Waals surface area (Å²) in [4.78, 5) is 29.2. The average Bonchev–Trinajstić information content (AvgIpc) is 3.29. The number of hydrogen-bond donors (Lipinski definition) is 2. The highest BCUT2D eigenvalue weighted by atomic mass is 16.5. The van der Waals surface area contributed by atoms with Crippen LogP contribution in [0.3, 0.4) is 0 Å². The van der Waals surface area contributed by atoms with E-state index in [-0.39, 0.29) is 17.1 Å². The molecule has 0 saturated heterocycles. The van der Waals surface area contributed by atoms with E-state index in [9.17, 15) is 14.7 Å². The number of aromatic nitrogens is 3. The molecule has 2 bridgehead atoms. The maximum atomic E-state index is 13.1. The Morgan fingerprint density at radius 1 is 1.00 bits per heavy atom. The van der Waals surface area contributed by atoms with Gasteiger partial charge in [0, 0.05) is 23.4 Å². The van der Waals surface area contributed by atoms with Gasteiger partial charge in [-0.2, -0.15) is 5.10 Å². The number of carboxylic acid groups (broad SMARTS) is 1. The Morgan fingerprint density at radius 2 is 1.70 bits per heavy atom. The molecule has 172 valence electrons. The van der Waals surface area contributed by atoms with Crippen LogP contribution < -0.4 is 14.8 Å². The van der Waals surface area contributed by atoms with Gasteiger partial charge in [0.25, 0.3) is 5.91 Å². The van der Waals surface area contributed by atoms with Gasteiger partial charge in [-0.15, -0.1) is 0 Å². The number of fused-ring (bicyclic) bond motifs is 4. The summed E-state index contributed by atoms with van der Waals surface area (Å²) in [7, 11) is 3.16. The third-order valence-corrected chi connectivity index (χ3v) is 7.35. The van der Waals surface area contributed by atoms with Crippen molar-refractivity contribution in [3.05, 3.63) is 42.2 Å². The van der Waals surface area contributed by atoms with Gasteiger partial charge in [-0.3, -0.25) is 9.59 Å². The second-order valence-corrected chi connectivity index (χ2v) is 9.02. The highest BCUT2D eigenvalue weighted by molar-refractivity contribution is 5.94. The molecule has 2 N–H and O–H groups in total. The molecule has 1 amide bonds. The summed E-state index contributed by atoms with van der Waals surface area (Å²) in [6.45, 7) is 0. The fraction of sp³-hybridized carbons (Fsp3) is 0.417. The van der Waals surface area contributed by atoms with Crippen molar-refractivity contribution in [2.45, 2.75) is 44.1 Å². The summed E-state index contributed by atoms with van der Waals surface area (Å²) < 4.78 is 12.4. The fourth-order valence-electron chi connectivity index (χ4n) is 5.22. The lowest BCUT2D eigenvalue weighted by Gasteiger charge is -2.51. The van der Waals surface area contributed by atoms with Crippen LogP contribution in [0.25, 0.3) is 16.9 Å². The molecule has 33 heavy (non-hydrogen) atoms. The smallest absolute Gasteiger partial charge is 0.309 e. The molecule has 3 aliphatic carbocycles. The minimum atomic E-state index is -0.712. The van der Waals surface area contributed by atoms with E-state index in [0.29, 0.717) is 55.7 Å². The second kappa shape index (κ2) is 7.75. The maximum absolute atomic E-state index is 13.1. The molecule has 0 unspecified atom stereocenters. The molecule has 0 spiro atoms. The number of rotatable bonds is 6. The number of ether oxygens (including phenoxy) is 2. The molecule has 2 heterocycles. The van der Waals surface area contributed by atoms with E-state index in [2.05, 4.69) is 15.4 Å². The number of carboxylic acids is 1. The van der Waals surface area contributed by atoms with Gasteiger partial charge in [-0.1, -0.05) is 0 Å². The van der Waals surface area contributed by atoms with Crippen molar-refractivity contribution < 1.29 is 24.2 Å².